The van der Waals surface area contributed by atoms with Crippen molar-refractivity contribution in [1.82, 2.24) is 21.2 Å². The Kier molecular flexibility index (Phi) is 8.07. The molecule has 1 aromatic heterocycles. The van der Waals surface area contributed by atoms with Gasteiger partial charge in [-0.1, -0.05) is 44.2 Å². The van der Waals surface area contributed by atoms with Crippen molar-refractivity contribution in [2.75, 3.05) is 5.32 Å². The first-order valence-corrected chi connectivity index (χ1v) is 10.6. The minimum Gasteiger partial charge on any atom is -0.340 e. The summed E-state index contributed by atoms with van der Waals surface area (Å²) >= 11 is 0. The molecule has 2 aromatic carbocycles. The van der Waals surface area contributed by atoms with Gasteiger partial charge in [-0.05, 0) is 42.3 Å². The fourth-order valence-electron chi connectivity index (χ4n) is 3.10. The van der Waals surface area contributed by atoms with E-state index in [1.807, 2.05) is 0 Å². The normalized spacial score (nSPS) is 11.3. The summed E-state index contributed by atoms with van der Waals surface area (Å²) in [7, 11) is 0. The molecule has 9 nitrogen and oxygen atoms in total. The van der Waals surface area contributed by atoms with Gasteiger partial charge in [0.15, 0.2) is 0 Å². The van der Waals surface area contributed by atoms with E-state index >= 15 is 0 Å². The van der Waals surface area contributed by atoms with E-state index < -0.39 is 23.8 Å². The molecule has 1 atom stereocenters. The Balaban J connectivity index is 1.68. The second-order valence-electron chi connectivity index (χ2n) is 7.74. The highest BCUT2D eigenvalue weighted by atomic mass is 16.2. The number of nitrogens with zero attached hydrogens (tertiary/aromatic N) is 1. The number of para-hydroxylation sites is 1. The second kappa shape index (κ2) is 11.4. The Bertz CT molecular complexity index is 1170. The van der Waals surface area contributed by atoms with Crippen LogP contribution in [0.1, 0.15) is 44.9 Å². The van der Waals surface area contributed by atoms with Crippen LogP contribution in [-0.2, 0) is 4.79 Å². The molecule has 0 aliphatic heterocycles. The quantitative estimate of drug-likeness (QED) is 0.404. The van der Waals surface area contributed by atoms with Gasteiger partial charge in [-0.3, -0.25) is 35.0 Å². The van der Waals surface area contributed by atoms with E-state index in [2.05, 4.69) is 26.5 Å². The van der Waals surface area contributed by atoms with E-state index in [0.717, 1.165) is 0 Å². The minimum atomic E-state index is -0.942. The van der Waals surface area contributed by atoms with Gasteiger partial charge in [0.05, 0.1) is 11.3 Å². The molecule has 34 heavy (non-hydrogen) atoms. The predicted molar refractivity (Wildman–Crippen MR) is 127 cm³/mol. The zero-order chi connectivity index (χ0) is 24.5. The van der Waals surface area contributed by atoms with Crippen LogP contribution in [0.15, 0.2) is 79.1 Å². The molecule has 174 valence electrons. The highest BCUT2D eigenvalue weighted by Crippen LogP contribution is 2.17. The van der Waals surface area contributed by atoms with E-state index in [9.17, 15) is 19.2 Å². The Labute approximate surface area is 197 Å². The summed E-state index contributed by atoms with van der Waals surface area (Å²) in [6.07, 6.45) is 2.92. The number of carbonyl (C=O) groups excluding carboxylic acids is 4. The molecule has 9 heteroatoms. The molecule has 0 aliphatic rings. The number of hydrogen-bond acceptors (Lipinski definition) is 5. The fourth-order valence-corrected chi connectivity index (χ4v) is 3.10. The number of carbonyl (C=O) groups is 4. The van der Waals surface area contributed by atoms with E-state index in [-0.39, 0.29) is 17.4 Å². The van der Waals surface area contributed by atoms with Crippen LogP contribution in [-0.4, -0.2) is 34.7 Å². The monoisotopic (exact) mass is 459 g/mol. The largest absolute Gasteiger partial charge is 0.340 e. The predicted octanol–water partition coefficient (Wildman–Crippen LogP) is 2.55. The maximum Gasteiger partial charge on any atom is 0.269 e. The van der Waals surface area contributed by atoms with Gasteiger partial charge >= 0.3 is 0 Å². The summed E-state index contributed by atoms with van der Waals surface area (Å²) in [6.45, 7) is 3.52. The molecule has 3 rings (SSSR count). The number of hydrazine groups is 1. The third-order valence-electron chi connectivity index (χ3n) is 4.93. The number of hydrogen-bond donors (Lipinski definition) is 4. The van der Waals surface area contributed by atoms with Gasteiger partial charge in [-0.2, -0.15) is 0 Å². The summed E-state index contributed by atoms with van der Waals surface area (Å²) in [6, 6.07) is 17.2. The van der Waals surface area contributed by atoms with Gasteiger partial charge in [-0.25, -0.2) is 0 Å². The molecule has 3 aromatic rings. The molecule has 0 bridgehead atoms. The summed E-state index contributed by atoms with van der Waals surface area (Å²) in [4.78, 5) is 54.3. The number of rotatable bonds is 7. The van der Waals surface area contributed by atoms with E-state index in [0.29, 0.717) is 16.8 Å². The first-order valence-electron chi connectivity index (χ1n) is 10.6. The van der Waals surface area contributed by atoms with Gasteiger partial charge in [0.25, 0.3) is 23.6 Å². The molecule has 0 aliphatic carbocycles. The molecule has 0 spiro atoms. The van der Waals surface area contributed by atoms with E-state index in [4.69, 9.17) is 0 Å². The van der Waals surface area contributed by atoms with Gasteiger partial charge in [-0.15, -0.1) is 0 Å². The highest BCUT2D eigenvalue weighted by molar-refractivity contribution is 6.09. The molecule has 0 unspecified atom stereocenters. The van der Waals surface area contributed by atoms with Crippen LogP contribution >= 0.6 is 0 Å². The summed E-state index contributed by atoms with van der Waals surface area (Å²) in [5.74, 6) is -2.29. The third-order valence-corrected chi connectivity index (χ3v) is 4.93. The molecular formula is C25H25N5O4. The number of pyridine rings is 1. The molecule has 0 fully saturated rings. The highest BCUT2D eigenvalue weighted by Gasteiger charge is 2.26. The average Bonchev–Trinajstić information content (AvgIpc) is 2.86. The maximum absolute atomic E-state index is 13.0. The number of benzene rings is 2. The maximum atomic E-state index is 13.0. The standard InChI is InChI=1S/C25H25N5O4/c1-16(2)21(25(34)30-29-23(32)18-12-14-26-15-13-18)28-24(33)19-10-6-7-11-20(19)27-22(31)17-8-4-3-5-9-17/h3-16,21H,1-2H3,(H,27,31)(H,28,33)(H,29,32)(H,30,34)/t21-/m0/s1. The van der Waals surface area contributed by atoms with Gasteiger partial charge in [0.1, 0.15) is 6.04 Å². The van der Waals surface area contributed by atoms with Crippen LogP contribution in [0.4, 0.5) is 5.69 Å². The fraction of sp³-hybridized carbons (Fsp3) is 0.160. The SMILES string of the molecule is CC(C)[C@H](NC(=O)c1ccccc1NC(=O)c1ccccc1)C(=O)NNC(=O)c1ccncc1. The van der Waals surface area contributed by atoms with Crippen LogP contribution in [0.2, 0.25) is 0 Å². The first-order chi connectivity index (χ1) is 16.4. The molecule has 0 radical (unpaired) electrons. The van der Waals surface area contributed by atoms with Gasteiger partial charge in [0.2, 0.25) is 0 Å². The van der Waals surface area contributed by atoms with Crippen molar-refractivity contribution >= 4 is 29.3 Å². The van der Waals surface area contributed by atoms with Crippen molar-refractivity contribution in [3.8, 4) is 0 Å². The zero-order valence-electron chi connectivity index (χ0n) is 18.7. The van der Waals surface area contributed by atoms with Crippen LogP contribution in [0, 0.1) is 5.92 Å². The Morgan fingerprint density at radius 1 is 0.706 bits per heavy atom. The molecule has 4 N–H and O–H groups in total. The van der Waals surface area contributed by atoms with Crippen LogP contribution in [0.25, 0.3) is 0 Å². The van der Waals surface area contributed by atoms with E-state index in [1.54, 1.807) is 68.4 Å². The van der Waals surface area contributed by atoms with Gasteiger partial charge in [0, 0.05) is 23.5 Å². The minimum absolute atomic E-state index is 0.200. The van der Waals surface area contributed by atoms with Crippen molar-refractivity contribution in [3.05, 3.63) is 95.8 Å². The van der Waals surface area contributed by atoms with Gasteiger partial charge < -0.3 is 10.6 Å². The smallest absolute Gasteiger partial charge is 0.269 e. The van der Waals surface area contributed by atoms with Crippen LogP contribution in [0.3, 0.4) is 0 Å². The van der Waals surface area contributed by atoms with Crippen molar-refractivity contribution in [3.63, 3.8) is 0 Å². The van der Waals surface area contributed by atoms with Crippen molar-refractivity contribution in [2.45, 2.75) is 19.9 Å². The second-order valence-corrected chi connectivity index (χ2v) is 7.74. The third kappa shape index (κ3) is 6.26. The number of nitrogens with one attached hydrogen (secondary N) is 4. The average molecular weight is 460 g/mol. The lowest BCUT2D eigenvalue weighted by molar-refractivity contribution is -0.124. The molecular weight excluding hydrogens is 434 g/mol. The first kappa shape index (κ1) is 24.1. The molecule has 0 saturated carbocycles. The van der Waals surface area contributed by atoms with Crippen molar-refractivity contribution in [1.29, 1.82) is 0 Å². The topological polar surface area (TPSA) is 129 Å². The lowest BCUT2D eigenvalue weighted by Gasteiger charge is -2.22. The van der Waals surface area contributed by atoms with E-state index in [1.165, 1.54) is 24.5 Å². The van der Waals surface area contributed by atoms with Crippen molar-refractivity contribution in [2.24, 2.45) is 5.92 Å². The summed E-state index contributed by atoms with van der Waals surface area (Å²) in [5.41, 5.74) is 5.95. The molecule has 0 saturated heterocycles. The Morgan fingerprint density at radius 2 is 1.32 bits per heavy atom. The number of aromatic nitrogens is 1. The summed E-state index contributed by atoms with van der Waals surface area (Å²) < 4.78 is 0. The van der Waals surface area contributed by atoms with Crippen LogP contribution < -0.4 is 21.5 Å². The van der Waals surface area contributed by atoms with Crippen molar-refractivity contribution < 1.29 is 19.2 Å². The zero-order valence-corrected chi connectivity index (χ0v) is 18.7. The summed E-state index contributed by atoms with van der Waals surface area (Å²) in [5, 5.41) is 5.42. The lowest BCUT2D eigenvalue weighted by Crippen LogP contribution is -2.54. The Morgan fingerprint density at radius 3 is 2.00 bits per heavy atom. The van der Waals surface area contributed by atoms with Crippen LogP contribution in [0.5, 0.6) is 0 Å². The number of anilines is 1. The molecule has 1 heterocycles. The Hall–Kier alpha value is -4.53. The number of amides is 4. The molecule has 4 amide bonds. The lowest BCUT2D eigenvalue weighted by atomic mass is 10.0.